The molecule has 0 fully saturated rings. The number of hydrogen-bond acceptors (Lipinski definition) is 5. The van der Waals surface area contributed by atoms with E-state index in [2.05, 4.69) is 8.92 Å². The first-order valence-corrected chi connectivity index (χ1v) is 4.98. The molecule has 0 unspecified atom stereocenters. The summed E-state index contributed by atoms with van der Waals surface area (Å²) >= 11 is 0. The molecule has 0 spiro atoms. The molecule has 0 aromatic heterocycles. The van der Waals surface area contributed by atoms with E-state index >= 15 is 0 Å². The van der Waals surface area contributed by atoms with Crippen LogP contribution < -0.4 is 4.72 Å². The SMILES string of the molecule is CCOC(=O)NS(=O)(=O)OCC(F)(F)F.[LiH]. The number of halogens is 3. The fourth-order valence-electron chi connectivity index (χ4n) is 0.436. The first-order valence-electron chi connectivity index (χ1n) is 3.57. The van der Waals surface area contributed by atoms with Gasteiger partial charge in [-0.15, -0.1) is 0 Å². The first-order chi connectivity index (χ1) is 6.66. The quantitative estimate of drug-likeness (QED) is 0.713. The van der Waals surface area contributed by atoms with Crippen molar-refractivity contribution in [2.45, 2.75) is 13.1 Å². The van der Waals surface area contributed by atoms with Gasteiger partial charge in [-0.1, -0.05) is 0 Å². The monoisotopic (exact) mass is 259 g/mol. The Morgan fingerprint density at radius 3 is 2.25 bits per heavy atom. The normalized spacial score (nSPS) is 11.5. The summed E-state index contributed by atoms with van der Waals surface area (Å²) < 4.78 is 64.6. The molecule has 11 heteroatoms. The summed E-state index contributed by atoms with van der Waals surface area (Å²) in [5, 5.41) is 0. The van der Waals surface area contributed by atoms with E-state index in [4.69, 9.17) is 0 Å². The van der Waals surface area contributed by atoms with Crippen LogP contribution in [0.15, 0.2) is 0 Å². The molecule has 0 aliphatic heterocycles. The number of carbonyl (C=O) groups excluding carboxylic acids is 1. The van der Waals surface area contributed by atoms with E-state index in [0.717, 1.165) is 4.72 Å². The van der Waals surface area contributed by atoms with E-state index in [0.29, 0.717) is 0 Å². The number of amides is 1. The third-order valence-electron chi connectivity index (χ3n) is 0.862. The Kier molecular flexibility index (Phi) is 7.86. The summed E-state index contributed by atoms with van der Waals surface area (Å²) in [6, 6.07) is 0. The van der Waals surface area contributed by atoms with E-state index in [1.54, 1.807) is 0 Å². The molecule has 0 aromatic carbocycles. The van der Waals surface area contributed by atoms with Crippen LogP contribution in [0.4, 0.5) is 18.0 Å². The van der Waals surface area contributed by atoms with Crippen LogP contribution in [-0.2, 0) is 19.2 Å². The van der Waals surface area contributed by atoms with Crippen molar-refractivity contribution < 1.29 is 35.3 Å². The van der Waals surface area contributed by atoms with Crippen LogP contribution in [0.5, 0.6) is 0 Å². The van der Waals surface area contributed by atoms with Crippen LogP contribution in [0.2, 0.25) is 0 Å². The van der Waals surface area contributed by atoms with Crippen molar-refractivity contribution >= 4 is 35.3 Å². The standard InChI is InChI=1S/C5H8F3NO5S.Li.H/c1-2-13-4(10)9-15(11,12)14-3-5(6,7)8;;/h2-3H2,1H3,(H,9,10);;. The first kappa shape index (κ1) is 17.9. The Morgan fingerprint density at radius 2 is 1.88 bits per heavy atom. The van der Waals surface area contributed by atoms with E-state index in [-0.39, 0.29) is 25.5 Å². The van der Waals surface area contributed by atoms with Gasteiger partial charge in [0.15, 0.2) is 6.61 Å². The van der Waals surface area contributed by atoms with E-state index in [1.165, 1.54) is 6.92 Å². The fraction of sp³-hybridized carbons (Fsp3) is 0.800. The van der Waals surface area contributed by atoms with Gasteiger partial charge in [-0.3, -0.25) is 0 Å². The van der Waals surface area contributed by atoms with Crippen molar-refractivity contribution in [2.75, 3.05) is 13.2 Å². The molecule has 0 bridgehead atoms. The molecular weight excluding hydrogens is 250 g/mol. The molecule has 0 aliphatic rings. The molecule has 1 N–H and O–H groups in total. The molecular formula is C5H9F3LiNO5S. The van der Waals surface area contributed by atoms with Crippen molar-refractivity contribution in [1.82, 2.24) is 4.72 Å². The third kappa shape index (κ3) is 10.1. The number of carbonyl (C=O) groups is 1. The van der Waals surface area contributed by atoms with Crippen LogP contribution in [0.25, 0.3) is 0 Å². The predicted octanol–water partition coefficient (Wildman–Crippen LogP) is -0.0923. The van der Waals surface area contributed by atoms with Crippen molar-refractivity contribution in [1.29, 1.82) is 0 Å². The van der Waals surface area contributed by atoms with Gasteiger partial charge in [0.25, 0.3) is 0 Å². The Bertz CT molecular complexity index is 317. The van der Waals surface area contributed by atoms with Gasteiger partial charge in [0.1, 0.15) is 0 Å². The second-order valence-corrected chi connectivity index (χ2v) is 3.50. The Labute approximate surface area is 102 Å². The topological polar surface area (TPSA) is 81.7 Å². The second kappa shape index (κ2) is 7.00. The van der Waals surface area contributed by atoms with Gasteiger partial charge in [0.2, 0.25) is 0 Å². The predicted molar refractivity (Wildman–Crippen MR) is 48.2 cm³/mol. The fourth-order valence-corrected chi connectivity index (χ4v) is 1.05. The minimum atomic E-state index is -4.80. The van der Waals surface area contributed by atoms with Crippen molar-refractivity contribution in [3.63, 3.8) is 0 Å². The summed E-state index contributed by atoms with van der Waals surface area (Å²) in [7, 11) is -4.78. The van der Waals surface area contributed by atoms with Crippen LogP contribution in [-0.4, -0.2) is 52.8 Å². The molecule has 0 aromatic rings. The molecule has 6 nitrogen and oxygen atoms in total. The van der Waals surface area contributed by atoms with Crippen LogP contribution >= 0.6 is 0 Å². The molecule has 92 valence electrons. The maximum atomic E-state index is 11.5. The second-order valence-electron chi connectivity index (χ2n) is 2.15. The molecule has 1 amide bonds. The minimum absolute atomic E-state index is 0. The molecule has 0 atom stereocenters. The van der Waals surface area contributed by atoms with Gasteiger partial charge >= 0.3 is 41.4 Å². The Hall–Kier alpha value is -0.433. The molecule has 0 saturated carbocycles. The van der Waals surface area contributed by atoms with E-state index < -0.39 is 29.2 Å². The van der Waals surface area contributed by atoms with Crippen LogP contribution in [0, 0.1) is 0 Å². The van der Waals surface area contributed by atoms with Gasteiger partial charge in [-0.25, -0.2) is 8.98 Å². The van der Waals surface area contributed by atoms with E-state index in [9.17, 15) is 26.4 Å². The molecule has 16 heavy (non-hydrogen) atoms. The third-order valence-corrected chi connectivity index (χ3v) is 1.71. The summed E-state index contributed by atoms with van der Waals surface area (Å²) in [6.45, 7) is -0.745. The molecule has 0 rings (SSSR count). The van der Waals surface area contributed by atoms with Gasteiger partial charge in [0.05, 0.1) is 6.61 Å². The molecule has 0 radical (unpaired) electrons. The zero-order valence-corrected chi connectivity index (χ0v) is 8.31. The van der Waals surface area contributed by atoms with Crippen LogP contribution in [0.1, 0.15) is 6.92 Å². The molecule has 0 saturated heterocycles. The van der Waals surface area contributed by atoms with Gasteiger partial charge in [-0.2, -0.15) is 26.3 Å². The van der Waals surface area contributed by atoms with Crippen molar-refractivity contribution in [3.8, 4) is 0 Å². The zero-order valence-electron chi connectivity index (χ0n) is 7.50. The molecule has 0 aliphatic carbocycles. The van der Waals surface area contributed by atoms with E-state index in [1.807, 2.05) is 0 Å². The number of nitrogens with one attached hydrogen (secondary N) is 1. The summed E-state index contributed by atoms with van der Waals surface area (Å²) in [6.07, 6.45) is -6.21. The average molecular weight is 259 g/mol. The summed E-state index contributed by atoms with van der Waals surface area (Å²) in [5.41, 5.74) is 0. The number of alkyl halides is 3. The zero-order chi connectivity index (χ0) is 12.1. The maximum absolute atomic E-state index is 11.5. The Balaban J connectivity index is 0. The van der Waals surface area contributed by atoms with Crippen molar-refractivity contribution in [2.24, 2.45) is 0 Å². The summed E-state index contributed by atoms with van der Waals surface area (Å²) in [4.78, 5) is 10.5. The van der Waals surface area contributed by atoms with Gasteiger partial charge in [0, 0.05) is 0 Å². The van der Waals surface area contributed by atoms with Gasteiger partial charge in [-0.05, 0) is 6.92 Å². The summed E-state index contributed by atoms with van der Waals surface area (Å²) in [5.74, 6) is 0. The number of hydrogen-bond donors (Lipinski definition) is 1. The Morgan fingerprint density at radius 1 is 1.38 bits per heavy atom. The van der Waals surface area contributed by atoms with Gasteiger partial charge < -0.3 is 4.74 Å². The molecule has 0 heterocycles. The number of rotatable bonds is 4. The van der Waals surface area contributed by atoms with Crippen molar-refractivity contribution in [3.05, 3.63) is 0 Å². The van der Waals surface area contributed by atoms with Crippen LogP contribution in [0.3, 0.4) is 0 Å². The average Bonchev–Trinajstić information content (AvgIpc) is 1.99. The number of ether oxygens (including phenoxy) is 1.